The molecule has 1 rings (SSSR count). The molecular formula is C9H18N2OS. The lowest BCUT2D eigenvalue weighted by Gasteiger charge is -2.34. The molecule has 0 saturated carbocycles. The number of hydrogen-bond donors (Lipinski definition) is 1. The summed E-state index contributed by atoms with van der Waals surface area (Å²) >= 11 is 0. The van der Waals surface area contributed by atoms with Crippen LogP contribution in [0.3, 0.4) is 0 Å². The highest BCUT2D eigenvalue weighted by Crippen LogP contribution is 2.18. The van der Waals surface area contributed by atoms with Gasteiger partial charge < -0.3 is 4.90 Å². The molecule has 13 heavy (non-hydrogen) atoms. The lowest BCUT2D eigenvalue weighted by Crippen LogP contribution is -2.46. The molecule has 76 valence electrons. The van der Waals surface area contributed by atoms with Gasteiger partial charge in [0.2, 0.25) is 0 Å². The largest absolute Gasteiger partial charge is 0.358 e. The molecular weight excluding hydrogens is 184 g/mol. The van der Waals surface area contributed by atoms with Gasteiger partial charge in [-0.15, -0.1) is 0 Å². The quantitative estimate of drug-likeness (QED) is 0.472. The van der Waals surface area contributed by atoms with Crippen LogP contribution in [0.5, 0.6) is 0 Å². The van der Waals surface area contributed by atoms with E-state index >= 15 is 0 Å². The van der Waals surface area contributed by atoms with Gasteiger partial charge in [-0.2, -0.15) is 0 Å². The molecule has 0 spiro atoms. The van der Waals surface area contributed by atoms with E-state index < -0.39 is 10.8 Å². The summed E-state index contributed by atoms with van der Waals surface area (Å²) in [5, 5.41) is 7.93. The van der Waals surface area contributed by atoms with Gasteiger partial charge >= 0.3 is 0 Å². The molecule has 1 N–H and O–H groups in total. The van der Waals surface area contributed by atoms with Crippen molar-refractivity contribution < 1.29 is 4.21 Å². The Hall–Kier alpha value is -0.380. The van der Waals surface area contributed by atoms with Crippen LogP contribution in [0, 0.1) is 10.8 Å². The molecule has 4 heteroatoms. The Morgan fingerprint density at radius 1 is 1.31 bits per heavy atom. The van der Waals surface area contributed by atoms with E-state index in [0.717, 1.165) is 24.6 Å². The Bertz CT molecular complexity index is 222. The molecule has 0 bridgehead atoms. The van der Waals surface area contributed by atoms with Crippen molar-refractivity contribution >= 4 is 16.6 Å². The minimum Gasteiger partial charge on any atom is -0.358 e. The Labute approximate surface area is 82.5 Å². The van der Waals surface area contributed by atoms with Gasteiger partial charge in [0.05, 0.1) is 0 Å². The average Bonchev–Trinajstić information content (AvgIpc) is 2.03. The van der Waals surface area contributed by atoms with Gasteiger partial charge in [0.25, 0.3) is 0 Å². The monoisotopic (exact) mass is 202 g/mol. The molecule has 0 radical (unpaired) electrons. The van der Waals surface area contributed by atoms with Crippen molar-refractivity contribution in [2.45, 2.75) is 20.8 Å². The summed E-state index contributed by atoms with van der Waals surface area (Å²) in [5.74, 6) is 2.11. The maximum absolute atomic E-state index is 11.1. The summed E-state index contributed by atoms with van der Waals surface area (Å²) in [7, 11) is -0.643. The number of amidine groups is 1. The summed E-state index contributed by atoms with van der Waals surface area (Å²) < 4.78 is 11.1. The van der Waals surface area contributed by atoms with Gasteiger partial charge in [-0.3, -0.25) is 9.62 Å². The van der Waals surface area contributed by atoms with Crippen LogP contribution in [0.15, 0.2) is 0 Å². The Balaban J connectivity index is 2.55. The van der Waals surface area contributed by atoms with E-state index in [4.69, 9.17) is 5.41 Å². The highest BCUT2D eigenvalue weighted by molar-refractivity contribution is 7.85. The minimum atomic E-state index is -0.643. The average molecular weight is 202 g/mol. The van der Waals surface area contributed by atoms with Crippen LogP contribution in [0.1, 0.15) is 20.8 Å². The first-order valence-corrected chi connectivity index (χ1v) is 6.09. The Morgan fingerprint density at radius 3 is 2.15 bits per heavy atom. The zero-order valence-corrected chi connectivity index (χ0v) is 9.41. The first kappa shape index (κ1) is 10.7. The second kappa shape index (κ2) is 3.78. The number of hydrogen-bond acceptors (Lipinski definition) is 2. The van der Waals surface area contributed by atoms with E-state index in [1.54, 1.807) is 0 Å². The van der Waals surface area contributed by atoms with Gasteiger partial charge in [-0.05, 0) is 0 Å². The van der Waals surface area contributed by atoms with E-state index in [9.17, 15) is 4.21 Å². The van der Waals surface area contributed by atoms with Crippen LogP contribution >= 0.6 is 0 Å². The molecule has 1 aliphatic rings. The predicted molar refractivity (Wildman–Crippen MR) is 56.6 cm³/mol. The third kappa shape index (κ3) is 2.79. The van der Waals surface area contributed by atoms with E-state index in [0.29, 0.717) is 5.84 Å². The number of nitrogens with zero attached hydrogens (tertiary/aromatic N) is 1. The summed E-state index contributed by atoms with van der Waals surface area (Å²) in [5.41, 5.74) is -0.0845. The minimum absolute atomic E-state index is 0.0845. The first-order valence-electron chi connectivity index (χ1n) is 4.60. The fourth-order valence-electron chi connectivity index (χ4n) is 1.34. The lowest BCUT2D eigenvalue weighted by atomic mass is 9.94. The molecule has 0 unspecified atom stereocenters. The maximum atomic E-state index is 11.1. The fourth-order valence-corrected chi connectivity index (χ4v) is 2.39. The van der Waals surface area contributed by atoms with Crippen molar-refractivity contribution in [3.05, 3.63) is 0 Å². The predicted octanol–water partition coefficient (Wildman–Crippen LogP) is 1.07. The number of nitrogens with one attached hydrogen (secondary N) is 1. The summed E-state index contributed by atoms with van der Waals surface area (Å²) in [6.45, 7) is 7.69. The fraction of sp³-hybridized carbons (Fsp3) is 0.889. The van der Waals surface area contributed by atoms with E-state index in [1.807, 2.05) is 25.7 Å². The van der Waals surface area contributed by atoms with Gasteiger partial charge in [0, 0.05) is 40.8 Å². The zero-order chi connectivity index (χ0) is 10.1. The highest BCUT2D eigenvalue weighted by Gasteiger charge is 2.25. The van der Waals surface area contributed by atoms with Gasteiger partial charge in [0.1, 0.15) is 5.84 Å². The first-order chi connectivity index (χ1) is 5.91. The summed E-state index contributed by atoms with van der Waals surface area (Å²) in [4.78, 5) is 2.04. The topological polar surface area (TPSA) is 44.2 Å². The molecule has 0 aromatic heterocycles. The maximum Gasteiger partial charge on any atom is 0.101 e. The zero-order valence-electron chi connectivity index (χ0n) is 8.59. The molecule has 0 amide bonds. The molecule has 0 atom stereocenters. The van der Waals surface area contributed by atoms with Crippen LogP contribution in [0.2, 0.25) is 0 Å². The van der Waals surface area contributed by atoms with Crippen molar-refractivity contribution in [2.24, 2.45) is 5.41 Å². The van der Waals surface area contributed by atoms with Crippen molar-refractivity contribution in [3.8, 4) is 0 Å². The second-order valence-corrected chi connectivity index (χ2v) is 6.13. The van der Waals surface area contributed by atoms with Crippen molar-refractivity contribution in [1.82, 2.24) is 4.90 Å². The van der Waals surface area contributed by atoms with E-state index in [2.05, 4.69) is 0 Å². The summed E-state index contributed by atoms with van der Waals surface area (Å²) in [6, 6.07) is 0. The normalized spacial score (nSPS) is 20.4. The lowest BCUT2D eigenvalue weighted by molar-refractivity contribution is 0.391. The van der Waals surface area contributed by atoms with Crippen LogP contribution in [-0.2, 0) is 10.8 Å². The van der Waals surface area contributed by atoms with Crippen LogP contribution in [0.4, 0.5) is 0 Å². The van der Waals surface area contributed by atoms with Crippen molar-refractivity contribution in [3.63, 3.8) is 0 Å². The van der Waals surface area contributed by atoms with Gasteiger partial charge in [-0.1, -0.05) is 20.8 Å². The summed E-state index contributed by atoms with van der Waals surface area (Å²) in [6.07, 6.45) is 0. The van der Waals surface area contributed by atoms with Gasteiger partial charge in [0.15, 0.2) is 0 Å². The highest BCUT2D eigenvalue weighted by atomic mass is 32.2. The Kier molecular flexibility index (Phi) is 3.11. The van der Waals surface area contributed by atoms with E-state index in [1.165, 1.54) is 0 Å². The standard InChI is InChI=1S/C9H18N2OS/c1-9(2,3)8(10)11-4-6-13(12)7-5-11/h10H,4-7H2,1-3H3. The molecule has 1 heterocycles. The molecule has 0 aromatic carbocycles. The van der Waals surface area contributed by atoms with Crippen LogP contribution in [-0.4, -0.2) is 39.5 Å². The smallest absolute Gasteiger partial charge is 0.101 e. The van der Waals surface area contributed by atoms with Crippen LogP contribution in [0.25, 0.3) is 0 Å². The third-order valence-electron chi connectivity index (χ3n) is 2.20. The van der Waals surface area contributed by atoms with Crippen LogP contribution < -0.4 is 0 Å². The second-order valence-electron chi connectivity index (χ2n) is 4.43. The molecule has 1 aliphatic heterocycles. The Morgan fingerprint density at radius 2 is 1.77 bits per heavy atom. The van der Waals surface area contributed by atoms with Gasteiger partial charge in [-0.25, -0.2) is 0 Å². The van der Waals surface area contributed by atoms with E-state index in [-0.39, 0.29) is 5.41 Å². The van der Waals surface area contributed by atoms with Crippen molar-refractivity contribution in [1.29, 1.82) is 5.41 Å². The SMILES string of the molecule is CC(C)(C)C(=N)N1CCS(=O)CC1. The molecule has 1 fully saturated rings. The molecule has 0 aromatic rings. The number of rotatable bonds is 0. The molecule has 3 nitrogen and oxygen atoms in total. The van der Waals surface area contributed by atoms with Crippen molar-refractivity contribution in [2.75, 3.05) is 24.6 Å². The third-order valence-corrected chi connectivity index (χ3v) is 3.48. The molecule has 1 saturated heterocycles. The molecule has 0 aliphatic carbocycles.